The molecule has 4 rings (SSSR count). The van der Waals surface area contributed by atoms with Crippen LogP contribution in [0.25, 0.3) is 0 Å². The second-order valence-corrected chi connectivity index (χ2v) is 9.65. The van der Waals surface area contributed by atoms with E-state index in [4.69, 9.17) is 0 Å². The number of sulfonamides is 1. The number of carbonyl (C=O) groups is 1. The van der Waals surface area contributed by atoms with Crippen LogP contribution >= 0.6 is 11.3 Å². The molecule has 2 aromatic carbocycles. The fraction of sp³-hybridized carbons (Fsp3) is 0.211. The summed E-state index contributed by atoms with van der Waals surface area (Å²) >= 11 is 0.847. The Bertz CT molecular complexity index is 1160. The molecule has 1 aliphatic rings. The molecule has 1 atom stereocenters. The van der Waals surface area contributed by atoms with Gasteiger partial charge in [-0.2, -0.15) is 8.42 Å². The highest BCUT2D eigenvalue weighted by atomic mass is 32.2. The van der Waals surface area contributed by atoms with Crippen molar-refractivity contribution in [1.29, 1.82) is 0 Å². The van der Waals surface area contributed by atoms with Crippen molar-refractivity contribution in [2.75, 3.05) is 9.62 Å². The largest absolute Gasteiger partial charge is 0.296 e. The molecule has 0 saturated carbocycles. The molecule has 1 N–H and O–H groups in total. The minimum atomic E-state index is -3.86. The number of para-hydroxylation sites is 1. The Morgan fingerprint density at radius 1 is 1.18 bits per heavy atom. The van der Waals surface area contributed by atoms with Gasteiger partial charge in [0, 0.05) is 11.6 Å². The topological polar surface area (TPSA) is 92.3 Å². The van der Waals surface area contributed by atoms with Crippen LogP contribution in [0.2, 0.25) is 0 Å². The highest BCUT2D eigenvalue weighted by Crippen LogP contribution is 2.37. The van der Waals surface area contributed by atoms with Crippen LogP contribution in [0.4, 0.5) is 10.8 Å². The lowest BCUT2D eigenvalue weighted by Crippen LogP contribution is -2.35. The molecule has 28 heavy (non-hydrogen) atoms. The first-order chi connectivity index (χ1) is 13.4. The van der Waals surface area contributed by atoms with Crippen molar-refractivity contribution in [2.24, 2.45) is 0 Å². The summed E-state index contributed by atoms with van der Waals surface area (Å²) in [5.74, 6) is -0.358. The van der Waals surface area contributed by atoms with Crippen LogP contribution in [0.5, 0.6) is 0 Å². The van der Waals surface area contributed by atoms with Gasteiger partial charge in [-0.05, 0) is 44.0 Å². The number of carbonyl (C=O) groups excluding carboxylic acids is 1. The van der Waals surface area contributed by atoms with E-state index >= 15 is 0 Å². The standard InChI is InChI=1S/C19H18N4O3S2/c1-12-6-5-8-15(10-12)17(24)20-18-21-22-19(27-18)28(25,26)23-13(2)11-14-7-3-4-9-16(14)23/h3-10,13H,11H2,1-2H3,(H,20,21,24)/t13-/m0/s1. The van der Waals surface area contributed by atoms with Gasteiger partial charge in [0.25, 0.3) is 20.3 Å². The number of benzene rings is 2. The highest BCUT2D eigenvalue weighted by Gasteiger charge is 2.38. The predicted molar refractivity (Wildman–Crippen MR) is 108 cm³/mol. The van der Waals surface area contributed by atoms with Gasteiger partial charge in [0.15, 0.2) is 0 Å². The van der Waals surface area contributed by atoms with Gasteiger partial charge in [-0.15, -0.1) is 10.2 Å². The summed E-state index contributed by atoms with van der Waals surface area (Å²) in [4.78, 5) is 12.4. The van der Waals surface area contributed by atoms with Gasteiger partial charge >= 0.3 is 0 Å². The molecule has 0 spiro atoms. The number of fused-ring (bicyclic) bond motifs is 1. The van der Waals surface area contributed by atoms with Crippen molar-refractivity contribution >= 4 is 38.1 Å². The summed E-state index contributed by atoms with van der Waals surface area (Å²) < 4.78 is 27.5. The molecule has 0 bridgehead atoms. The number of nitrogens with zero attached hydrogens (tertiary/aromatic N) is 3. The zero-order valence-electron chi connectivity index (χ0n) is 15.3. The number of amides is 1. The first-order valence-electron chi connectivity index (χ1n) is 8.70. The van der Waals surface area contributed by atoms with Crippen LogP contribution in [0.15, 0.2) is 52.9 Å². The average molecular weight is 415 g/mol. The Balaban J connectivity index is 1.59. The van der Waals surface area contributed by atoms with Crippen molar-refractivity contribution in [3.05, 3.63) is 65.2 Å². The Kier molecular flexibility index (Phi) is 4.64. The van der Waals surface area contributed by atoms with Gasteiger partial charge in [0.1, 0.15) is 0 Å². The first-order valence-corrected chi connectivity index (χ1v) is 11.0. The average Bonchev–Trinajstić information content (AvgIpc) is 3.25. The Labute approximate surface area is 167 Å². The summed E-state index contributed by atoms with van der Waals surface area (Å²) in [7, 11) is -3.86. The summed E-state index contributed by atoms with van der Waals surface area (Å²) in [5.41, 5.74) is 3.07. The number of aryl methyl sites for hydroxylation is 1. The molecule has 1 amide bonds. The van der Waals surface area contributed by atoms with Crippen molar-refractivity contribution in [2.45, 2.75) is 30.6 Å². The van der Waals surface area contributed by atoms with Crippen molar-refractivity contribution in [3.8, 4) is 0 Å². The van der Waals surface area contributed by atoms with Crippen molar-refractivity contribution in [1.82, 2.24) is 10.2 Å². The van der Waals surface area contributed by atoms with Gasteiger partial charge in [0.05, 0.1) is 5.69 Å². The highest BCUT2D eigenvalue weighted by molar-refractivity contribution is 7.94. The van der Waals surface area contributed by atoms with Gasteiger partial charge in [-0.1, -0.05) is 47.2 Å². The summed E-state index contributed by atoms with van der Waals surface area (Å²) in [5, 5.41) is 10.4. The SMILES string of the molecule is Cc1cccc(C(=O)Nc2nnc(S(=O)(=O)N3c4ccccc4C[C@@H]3C)s2)c1. The Morgan fingerprint density at radius 3 is 2.75 bits per heavy atom. The van der Waals surface area contributed by atoms with E-state index in [2.05, 4.69) is 15.5 Å². The monoisotopic (exact) mass is 414 g/mol. The van der Waals surface area contributed by atoms with Crippen molar-refractivity contribution in [3.63, 3.8) is 0 Å². The van der Waals surface area contributed by atoms with Crippen LogP contribution in [0, 0.1) is 6.92 Å². The number of anilines is 2. The predicted octanol–water partition coefficient (Wildman–Crippen LogP) is 3.24. The maximum Gasteiger partial charge on any atom is 0.293 e. The third-order valence-electron chi connectivity index (χ3n) is 4.53. The lowest BCUT2D eigenvalue weighted by atomic mass is 10.1. The minimum absolute atomic E-state index is 0.143. The lowest BCUT2D eigenvalue weighted by Gasteiger charge is -2.22. The normalized spacial score (nSPS) is 16.1. The van der Waals surface area contributed by atoms with E-state index < -0.39 is 10.0 Å². The van der Waals surface area contributed by atoms with E-state index in [1.54, 1.807) is 24.3 Å². The molecule has 0 fully saturated rings. The van der Waals surface area contributed by atoms with Crippen LogP contribution in [-0.4, -0.2) is 30.6 Å². The third kappa shape index (κ3) is 3.27. The number of hydrogen-bond donors (Lipinski definition) is 1. The molecular weight excluding hydrogens is 396 g/mol. The van der Waals surface area contributed by atoms with E-state index in [9.17, 15) is 13.2 Å². The molecule has 144 valence electrons. The van der Waals surface area contributed by atoms with Crippen LogP contribution in [0.3, 0.4) is 0 Å². The van der Waals surface area contributed by atoms with E-state index in [0.717, 1.165) is 22.5 Å². The van der Waals surface area contributed by atoms with Gasteiger partial charge in [-0.3, -0.25) is 14.4 Å². The number of hydrogen-bond acceptors (Lipinski definition) is 6. The maximum absolute atomic E-state index is 13.1. The zero-order valence-corrected chi connectivity index (χ0v) is 16.9. The minimum Gasteiger partial charge on any atom is -0.296 e. The quantitative estimate of drug-likeness (QED) is 0.662. The first kappa shape index (κ1) is 18.6. The van der Waals surface area contributed by atoms with Crippen LogP contribution < -0.4 is 9.62 Å². The molecule has 9 heteroatoms. The Hall–Kier alpha value is -2.78. The third-order valence-corrected chi connectivity index (χ3v) is 7.64. The van der Waals surface area contributed by atoms with Gasteiger partial charge in [0.2, 0.25) is 5.13 Å². The number of rotatable bonds is 4. The molecule has 1 aromatic heterocycles. The number of aromatic nitrogens is 2. The molecule has 2 heterocycles. The lowest BCUT2D eigenvalue weighted by molar-refractivity contribution is 0.102. The summed E-state index contributed by atoms with van der Waals surface area (Å²) in [6.07, 6.45) is 0.644. The maximum atomic E-state index is 13.1. The second-order valence-electron chi connectivity index (χ2n) is 6.68. The molecular formula is C19H18N4O3S2. The van der Waals surface area contributed by atoms with E-state index in [-0.39, 0.29) is 21.4 Å². The number of nitrogens with one attached hydrogen (secondary N) is 1. The molecule has 1 aliphatic heterocycles. The smallest absolute Gasteiger partial charge is 0.293 e. The van der Waals surface area contributed by atoms with Crippen molar-refractivity contribution < 1.29 is 13.2 Å². The van der Waals surface area contributed by atoms with Crippen LogP contribution in [-0.2, 0) is 16.4 Å². The summed E-state index contributed by atoms with van der Waals surface area (Å²) in [6.45, 7) is 3.75. The van der Waals surface area contributed by atoms with E-state index in [1.165, 1.54) is 4.31 Å². The zero-order chi connectivity index (χ0) is 19.9. The molecule has 0 aliphatic carbocycles. The van der Waals surface area contributed by atoms with Gasteiger partial charge in [-0.25, -0.2) is 0 Å². The second kappa shape index (κ2) is 6.99. The molecule has 0 unspecified atom stereocenters. The van der Waals surface area contributed by atoms with E-state index in [1.807, 2.05) is 38.1 Å². The van der Waals surface area contributed by atoms with E-state index in [0.29, 0.717) is 17.7 Å². The van der Waals surface area contributed by atoms with Crippen LogP contribution in [0.1, 0.15) is 28.4 Å². The summed E-state index contributed by atoms with van der Waals surface area (Å²) in [6, 6.07) is 14.3. The molecule has 0 saturated heterocycles. The van der Waals surface area contributed by atoms with Gasteiger partial charge < -0.3 is 0 Å². The Morgan fingerprint density at radius 2 is 1.96 bits per heavy atom. The molecule has 0 radical (unpaired) electrons. The molecule has 7 nitrogen and oxygen atoms in total. The molecule has 3 aromatic rings. The fourth-order valence-corrected chi connectivity index (χ4v) is 5.98. The fourth-order valence-electron chi connectivity index (χ4n) is 3.31.